The summed E-state index contributed by atoms with van der Waals surface area (Å²) in [6, 6.07) is 7.59. The maximum atomic E-state index is 12.5. The van der Waals surface area contributed by atoms with Crippen molar-refractivity contribution in [3.63, 3.8) is 0 Å². The molecule has 9 heteroatoms. The number of nitrogens with one attached hydrogen (secondary N) is 1. The fourth-order valence-electron chi connectivity index (χ4n) is 2.50. The molecule has 0 radical (unpaired) electrons. The minimum Gasteiger partial charge on any atom is -0.331 e. The maximum Gasteiger partial charge on any atom is 0.245 e. The molecule has 22 heavy (non-hydrogen) atoms. The quantitative estimate of drug-likeness (QED) is 0.897. The van der Waals surface area contributed by atoms with Gasteiger partial charge in [0.25, 0.3) is 0 Å². The lowest BCUT2D eigenvalue weighted by molar-refractivity contribution is -0.135. The summed E-state index contributed by atoms with van der Waals surface area (Å²) in [6.07, 6.45) is 1.44. The van der Waals surface area contributed by atoms with Gasteiger partial charge < -0.3 is 10.2 Å². The number of halogens is 2. The number of hydrogen-bond donors (Lipinski definition) is 1. The van der Waals surface area contributed by atoms with Crippen molar-refractivity contribution in [3.05, 3.63) is 41.2 Å². The molecular formula is C13H16Cl2N6O. The zero-order valence-electron chi connectivity index (χ0n) is 11.7. The molecule has 1 aliphatic heterocycles. The van der Waals surface area contributed by atoms with E-state index in [9.17, 15) is 4.79 Å². The van der Waals surface area contributed by atoms with Gasteiger partial charge in [0.05, 0.1) is 6.04 Å². The normalized spacial score (nSPS) is 17.9. The molecule has 1 N–H and O–H groups in total. The summed E-state index contributed by atoms with van der Waals surface area (Å²) >= 11 is 6.05. The predicted molar refractivity (Wildman–Crippen MR) is 83.8 cm³/mol. The molecule has 1 unspecified atom stereocenters. The van der Waals surface area contributed by atoms with Gasteiger partial charge in [0, 0.05) is 24.7 Å². The van der Waals surface area contributed by atoms with Crippen molar-refractivity contribution in [2.45, 2.75) is 12.6 Å². The highest BCUT2D eigenvalue weighted by atomic mass is 35.5. The molecule has 1 aromatic heterocycles. The zero-order valence-corrected chi connectivity index (χ0v) is 13.3. The Hall–Kier alpha value is -1.70. The largest absolute Gasteiger partial charge is 0.331 e. The van der Waals surface area contributed by atoms with E-state index in [1.807, 2.05) is 29.2 Å². The molecule has 2 aromatic rings. The molecule has 118 valence electrons. The van der Waals surface area contributed by atoms with E-state index in [-0.39, 0.29) is 30.9 Å². The number of aromatic nitrogens is 4. The van der Waals surface area contributed by atoms with Crippen molar-refractivity contribution >= 4 is 29.9 Å². The minimum absolute atomic E-state index is 0. The maximum absolute atomic E-state index is 12.5. The third-order valence-corrected chi connectivity index (χ3v) is 3.72. The van der Waals surface area contributed by atoms with Crippen molar-refractivity contribution < 1.29 is 4.79 Å². The van der Waals surface area contributed by atoms with Gasteiger partial charge in [-0.1, -0.05) is 23.7 Å². The number of tetrazole rings is 1. The number of benzene rings is 1. The van der Waals surface area contributed by atoms with Crippen LogP contribution < -0.4 is 5.32 Å². The van der Waals surface area contributed by atoms with E-state index in [2.05, 4.69) is 20.8 Å². The van der Waals surface area contributed by atoms with Gasteiger partial charge in [0.1, 0.15) is 12.9 Å². The van der Waals surface area contributed by atoms with Crippen molar-refractivity contribution in [1.82, 2.24) is 30.4 Å². The van der Waals surface area contributed by atoms with Crippen LogP contribution in [0.25, 0.3) is 0 Å². The monoisotopic (exact) mass is 342 g/mol. The third kappa shape index (κ3) is 3.73. The Labute approximate surface area is 139 Å². The van der Waals surface area contributed by atoms with E-state index in [0.29, 0.717) is 18.1 Å². The first kappa shape index (κ1) is 16.7. The van der Waals surface area contributed by atoms with Gasteiger partial charge in [-0.25, -0.2) is 4.68 Å². The molecule has 3 rings (SSSR count). The van der Waals surface area contributed by atoms with Crippen LogP contribution in [0.2, 0.25) is 5.02 Å². The van der Waals surface area contributed by atoms with Crippen LogP contribution in [0.1, 0.15) is 11.6 Å². The first-order valence-electron chi connectivity index (χ1n) is 6.70. The molecule has 1 aromatic carbocycles. The van der Waals surface area contributed by atoms with Crippen molar-refractivity contribution in [3.8, 4) is 0 Å². The molecule has 1 aliphatic rings. The van der Waals surface area contributed by atoms with Crippen LogP contribution in [-0.2, 0) is 11.3 Å². The fourth-order valence-corrected chi connectivity index (χ4v) is 2.70. The number of carbonyl (C=O) groups excluding carboxylic acids is 1. The number of rotatable bonds is 3. The fraction of sp³-hybridized carbons (Fsp3) is 0.385. The lowest BCUT2D eigenvalue weighted by Crippen LogP contribution is -2.49. The van der Waals surface area contributed by atoms with Crippen molar-refractivity contribution in [2.24, 2.45) is 0 Å². The van der Waals surface area contributed by atoms with Gasteiger partial charge in [-0.05, 0) is 28.1 Å². The Morgan fingerprint density at radius 3 is 3.05 bits per heavy atom. The van der Waals surface area contributed by atoms with Gasteiger partial charge in [-0.2, -0.15) is 0 Å². The lowest BCUT2D eigenvalue weighted by atomic mass is 10.0. The Kier molecular flexibility index (Phi) is 5.70. The van der Waals surface area contributed by atoms with Gasteiger partial charge >= 0.3 is 0 Å². The summed E-state index contributed by atoms with van der Waals surface area (Å²) in [5.41, 5.74) is 1.03. The Balaban J connectivity index is 0.00000176. The standard InChI is InChI=1S/C13H15ClN6O.ClH/c14-11-3-1-2-10(6-11)12-7-15-4-5-20(12)13(21)8-19-9-16-17-18-19;/h1-3,6,9,12,15H,4-5,7-8H2;1H. The Bertz CT molecular complexity index is 621. The van der Waals surface area contributed by atoms with E-state index < -0.39 is 0 Å². The Morgan fingerprint density at radius 2 is 2.32 bits per heavy atom. The molecule has 0 spiro atoms. The first-order valence-corrected chi connectivity index (χ1v) is 7.08. The number of amides is 1. The lowest BCUT2D eigenvalue weighted by Gasteiger charge is -2.36. The summed E-state index contributed by atoms with van der Waals surface area (Å²) < 4.78 is 1.43. The number of carbonyl (C=O) groups is 1. The molecule has 0 bridgehead atoms. The van der Waals surface area contributed by atoms with E-state index in [1.54, 1.807) is 0 Å². The van der Waals surface area contributed by atoms with E-state index in [0.717, 1.165) is 12.1 Å². The number of hydrogen-bond acceptors (Lipinski definition) is 5. The number of nitrogens with zero attached hydrogens (tertiary/aromatic N) is 5. The Morgan fingerprint density at radius 1 is 1.45 bits per heavy atom. The van der Waals surface area contributed by atoms with Gasteiger partial charge in [-0.15, -0.1) is 17.5 Å². The minimum atomic E-state index is -0.0265. The second-order valence-electron chi connectivity index (χ2n) is 4.87. The zero-order chi connectivity index (χ0) is 14.7. The second kappa shape index (κ2) is 7.53. The average molecular weight is 343 g/mol. The van der Waals surface area contributed by atoms with E-state index in [4.69, 9.17) is 11.6 Å². The summed E-state index contributed by atoms with van der Waals surface area (Å²) in [5, 5.41) is 14.8. The molecule has 7 nitrogen and oxygen atoms in total. The van der Waals surface area contributed by atoms with Crippen LogP contribution in [0.3, 0.4) is 0 Å². The van der Waals surface area contributed by atoms with Crippen LogP contribution >= 0.6 is 24.0 Å². The van der Waals surface area contributed by atoms with Crippen LogP contribution in [0.5, 0.6) is 0 Å². The molecule has 1 amide bonds. The molecule has 1 atom stereocenters. The summed E-state index contributed by atoms with van der Waals surface area (Å²) in [5.74, 6) is -0.00576. The van der Waals surface area contributed by atoms with E-state index >= 15 is 0 Å². The van der Waals surface area contributed by atoms with Crippen LogP contribution in [0.15, 0.2) is 30.6 Å². The summed E-state index contributed by atoms with van der Waals surface area (Å²) in [4.78, 5) is 14.3. The van der Waals surface area contributed by atoms with Gasteiger partial charge in [-0.3, -0.25) is 4.79 Å². The average Bonchev–Trinajstić information content (AvgIpc) is 3.00. The third-order valence-electron chi connectivity index (χ3n) is 3.49. The summed E-state index contributed by atoms with van der Waals surface area (Å²) in [7, 11) is 0. The SMILES string of the molecule is Cl.O=C(Cn1cnnn1)N1CCNCC1c1cccc(Cl)c1. The highest BCUT2D eigenvalue weighted by Gasteiger charge is 2.28. The van der Waals surface area contributed by atoms with Crippen molar-refractivity contribution in [1.29, 1.82) is 0 Å². The molecule has 1 saturated heterocycles. The van der Waals surface area contributed by atoms with Gasteiger partial charge in [0.2, 0.25) is 5.91 Å². The molecule has 2 heterocycles. The molecule has 1 fully saturated rings. The highest BCUT2D eigenvalue weighted by molar-refractivity contribution is 6.30. The first-order chi connectivity index (χ1) is 10.2. The second-order valence-corrected chi connectivity index (χ2v) is 5.31. The molecular weight excluding hydrogens is 327 g/mol. The van der Waals surface area contributed by atoms with Crippen molar-refractivity contribution in [2.75, 3.05) is 19.6 Å². The van der Waals surface area contributed by atoms with Crippen LogP contribution in [0, 0.1) is 0 Å². The predicted octanol–water partition coefficient (Wildman–Crippen LogP) is 0.921. The van der Waals surface area contributed by atoms with Crippen LogP contribution in [-0.4, -0.2) is 50.6 Å². The topological polar surface area (TPSA) is 75.9 Å². The smallest absolute Gasteiger partial charge is 0.245 e. The van der Waals surface area contributed by atoms with Crippen LogP contribution in [0.4, 0.5) is 0 Å². The molecule has 0 saturated carbocycles. The molecule has 0 aliphatic carbocycles. The number of piperazine rings is 1. The van der Waals surface area contributed by atoms with Gasteiger partial charge in [0.15, 0.2) is 0 Å². The highest BCUT2D eigenvalue weighted by Crippen LogP contribution is 2.24. The van der Waals surface area contributed by atoms with E-state index in [1.165, 1.54) is 11.0 Å². The summed E-state index contributed by atoms with van der Waals surface area (Å²) in [6.45, 7) is 2.28.